The van der Waals surface area contributed by atoms with Crippen molar-refractivity contribution in [2.24, 2.45) is 0 Å². The molecule has 0 aromatic carbocycles. The van der Waals surface area contributed by atoms with Crippen LogP contribution in [-0.4, -0.2) is 188 Å². The standard InChI is InChI=1S/C34F67IO/c35-1(36)2(37)103-34(100,101)32(96,97)30(92,93)28(88,89)26(84,85)24(80,81)22(76,77)20(72,73)18(68,69)16(64,65)14(60,61)12(56,57)10(52,53)8(48,49)6(44,45)4(40,41)3(38,39)5(42,43)7(46,47)9(50,51)11(54,55)13(58,59)15(62,63)17(66,67)19(70,71)21(74,75)23(78,79)25(82,83)27(86,87)29(90,91)31(94,95)33(98,99)102. The van der Waals surface area contributed by atoms with Crippen molar-refractivity contribution >= 4 is 22.6 Å². The van der Waals surface area contributed by atoms with Gasteiger partial charge in [0.2, 0.25) is 0 Å². The molecule has 0 radical (unpaired) electrons. The van der Waals surface area contributed by atoms with Crippen molar-refractivity contribution in [1.82, 2.24) is 0 Å². The fraction of sp³-hybridized carbons (Fsp3) is 0.941. The number of alkyl halides is 65. The number of halogens is 68. The molecule has 0 aliphatic carbocycles. The maximum Gasteiger partial charge on any atom is 0.472 e. The van der Waals surface area contributed by atoms with E-state index < -0.39 is 222 Å². The monoisotopic (exact) mass is 1820 g/mol. The zero-order valence-corrected chi connectivity index (χ0v) is 45.3. The number of hydrogen-bond donors (Lipinski definition) is 0. The van der Waals surface area contributed by atoms with Crippen LogP contribution in [-0.2, 0) is 4.74 Å². The zero-order valence-electron chi connectivity index (χ0n) is 43.1. The Morgan fingerprint density at radius 2 is 0.214 bits per heavy atom. The van der Waals surface area contributed by atoms with E-state index in [4.69, 9.17) is 0 Å². The minimum Gasteiger partial charge on any atom is -0.397 e. The summed E-state index contributed by atoms with van der Waals surface area (Å²) in [5.74, 6) is -324. The van der Waals surface area contributed by atoms with Gasteiger partial charge in [-0.3, -0.25) is 0 Å². The highest BCUT2D eigenvalue weighted by Gasteiger charge is 3.07. The fourth-order valence-corrected chi connectivity index (χ4v) is 6.44. The quantitative estimate of drug-likeness (QED) is 0.0275. The molecule has 0 unspecified atom stereocenters. The second-order valence-corrected chi connectivity index (χ2v) is 20.2. The Morgan fingerprint density at radius 3 is 0.291 bits per heavy atom. The summed E-state index contributed by atoms with van der Waals surface area (Å²) in [6.45, 7) is 0. The SMILES string of the molecule is FC(F)=C(F)OC(F)(F)C(F)(F)C(F)(F)C(F)(F)C(F)(F)C(F)(F)C(F)(F)C(F)(F)C(F)(F)C(F)(F)C(F)(F)C(F)(F)C(F)(F)C(F)(F)C(F)(F)C(F)(F)C(F)(F)C(F)(F)C(F)(F)C(F)(F)C(F)(F)C(F)(F)C(F)(F)C(F)(F)C(F)(F)C(F)(F)C(F)(F)C(F)(F)C(F)(F)C(F)(F)C(F)(F)C(F)(F)I. The van der Waals surface area contributed by atoms with E-state index in [1.165, 1.54) is 4.74 Å². The largest absolute Gasteiger partial charge is 0.472 e. The molecule has 0 saturated heterocycles. The van der Waals surface area contributed by atoms with E-state index in [0.29, 0.717) is 0 Å². The Labute approximate surface area is 522 Å². The summed E-state index contributed by atoms with van der Waals surface area (Å²) < 4.78 is 929. The van der Waals surface area contributed by atoms with Gasteiger partial charge in [0, 0.05) is 22.6 Å². The molecule has 0 rings (SSSR count). The lowest BCUT2D eigenvalue weighted by molar-refractivity contribution is -0.502. The van der Waals surface area contributed by atoms with Crippen LogP contribution >= 0.6 is 22.6 Å². The van der Waals surface area contributed by atoms with Crippen LogP contribution in [0.25, 0.3) is 0 Å². The molecule has 69 heteroatoms. The first-order chi connectivity index (χ1) is 43.1. The summed E-state index contributed by atoms with van der Waals surface area (Å²) >= 11 is -1.66. The Bertz CT molecular complexity index is 3090. The molecule has 0 saturated carbocycles. The number of hydrogen-bond acceptors (Lipinski definition) is 1. The van der Waals surface area contributed by atoms with Gasteiger partial charge in [-0.25, -0.2) is 0 Å². The lowest BCUT2D eigenvalue weighted by Crippen LogP contribution is -2.81. The molecule has 0 amide bonds. The molecule has 0 heterocycles. The molecule has 0 spiro atoms. The summed E-state index contributed by atoms with van der Waals surface area (Å²) in [5, 5.41) is 0. The molecular formula is C34F67IO. The molecule has 1 nitrogen and oxygen atoms in total. The van der Waals surface area contributed by atoms with Gasteiger partial charge in [-0.1, -0.05) is 0 Å². The highest BCUT2D eigenvalue weighted by atomic mass is 127. The highest BCUT2D eigenvalue weighted by Crippen LogP contribution is 2.75. The van der Waals surface area contributed by atoms with Crippen LogP contribution in [0.15, 0.2) is 12.1 Å². The Hall–Kier alpha value is -4.42. The molecule has 0 aliphatic heterocycles. The van der Waals surface area contributed by atoms with Gasteiger partial charge in [0.1, 0.15) is 0 Å². The van der Waals surface area contributed by atoms with Gasteiger partial charge < -0.3 is 4.74 Å². The average Bonchev–Trinajstić information content (AvgIpc) is 0.680. The molecule has 0 N–H and O–H groups in total. The van der Waals surface area contributed by atoms with Crippen LogP contribution in [0.1, 0.15) is 0 Å². The van der Waals surface area contributed by atoms with Crippen molar-refractivity contribution in [3.63, 3.8) is 0 Å². The van der Waals surface area contributed by atoms with E-state index in [1.807, 2.05) is 0 Å². The van der Waals surface area contributed by atoms with Crippen molar-refractivity contribution in [1.29, 1.82) is 0 Å². The van der Waals surface area contributed by atoms with Gasteiger partial charge in [-0.05, 0) is 0 Å². The second-order valence-electron chi connectivity index (χ2n) is 18.9. The summed E-state index contributed by atoms with van der Waals surface area (Å²) in [6.07, 6.45) is -13.4. The number of rotatable bonds is 33. The predicted octanol–water partition coefficient (Wildman–Crippen LogP) is 22.7. The van der Waals surface area contributed by atoms with Crippen LogP contribution in [0, 0.1) is 0 Å². The normalized spacial score (nSPS) is 17.3. The van der Waals surface area contributed by atoms with Crippen LogP contribution in [0.3, 0.4) is 0 Å². The molecule has 0 atom stereocenters. The van der Waals surface area contributed by atoms with Crippen molar-refractivity contribution in [3.05, 3.63) is 12.1 Å². The van der Waals surface area contributed by atoms with E-state index in [0.717, 1.165) is 0 Å². The van der Waals surface area contributed by atoms with Gasteiger partial charge in [-0.15, -0.1) is 0 Å². The molecule has 0 fully saturated rings. The van der Waals surface area contributed by atoms with Crippen LogP contribution in [0.5, 0.6) is 0 Å². The third-order valence-corrected chi connectivity index (χ3v) is 13.2. The maximum absolute atomic E-state index is 14.3. The first-order valence-electron chi connectivity index (χ1n) is 21.3. The van der Waals surface area contributed by atoms with Gasteiger partial charge in [0.25, 0.3) is 0 Å². The highest BCUT2D eigenvalue weighted by molar-refractivity contribution is 14.1. The third kappa shape index (κ3) is 11.1. The molecule has 0 aromatic rings. The summed E-state index contributed by atoms with van der Waals surface area (Å²) in [4.78, 5) is 0. The van der Waals surface area contributed by atoms with E-state index in [-0.39, 0.29) is 0 Å². The lowest BCUT2D eigenvalue weighted by Gasteiger charge is -2.48. The first-order valence-corrected chi connectivity index (χ1v) is 22.3. The molecule has 0 bridgehead atoms. The predicted molar refractivity (Wildman–Crippen MR) is 184 cm³/mol. The molecular weight excluding hydrogens is 1820 g/mol. The van der Waals surface area contributed by atoms with Crippen LogP contribution < -0.4 is 0 Å². The van der Waals surface area contributed by atoms with Crippen molar-refractivity contribution in [2.75, 3.05) is 0 Å². The van der Waals surface area contributed by atoms with E-state index in [1.54, 1.807) is 0 Å². The van der Waals surface area contributed by atoms with Gasteiger partial charge in [0.05, 0.1) is 0 Å². The minimum atomic E-state index is -11.4. The molecule has 0 aromatic heterocycles. The number of ether oxygens (including phenoxy) is 1. The molecule has 618 valence electrons. The van der Waals surface area contributed by atoms with E-state index in [9.17, 15) is 294 Å². The van der Waals surface area contributed by atoms with Crippen molar-refractivity contribution in [3.8, 4) is 0 Å². The van der Waals surface area contributed by atoms with Crippen molar-refractivity contribution in [2.45, 2.75) is 188 Å². The summed E-state index contributed by atoms with van der Waals surface area (Å²) in [6, 6.07) is -4.87. The maximum atomic E-state index is 14.3. The minimum absolute atomic E-state index is 1.19. The fourth-order valence-electron chi connectivity index (χ4n) is 6.10. The van der Waals surface area contributed by atoms with E-state index >= 15 is 0 Å². The van der Waals surface area contributed by atoms with Gasteiger partial charge >= 0.3 is 200 Å². The zero-order chi connectivity index (χ0) is 85.9. The Morgan fingerprint density at radius 1 is 0.136 bits per heavy atom. The summed E-state index contributed by atoms with van der Waals surface area (Å²) in [5.41, 5.74) is 0. The smallest absolute Gasteiger partial charge is 0.397 e. The third-order valence-electron chi connectivity index (χ3n) is 12.5. The van der Waals surface area contributed by atoms with Crippen LogP contribution in [0.4, 0.5) is 294 Å². The average molecular weight is 1820 g/mol. The topological polar surface area (TPSA) is 9.23 Å². The van der Waals surface area contributed by atoms with E-state index in [2.05, 4.69) is 0 Å². The van der Waals surface area contributed by atoms with Crippen molar-refractivity contribution < 1.29 is 299 Å². The van der Waals surface area contributed by atoms with Crippen LogP contribution in [0.2, 0.25) is 0 Å². The molecule has 103 heavy (non-hydrogen) atoms. The summed E-state index contributed by atoms with van der Waals surface area (Å²) in [7, 11) is 0. The second kappa shape index (κ2) is 24.0. The first kappa shape index (κ1) is 98.6. The molecule has 0 aliphatic rings. The van der Waals surface area contributed by atoms with Gasteiger partial charge in [-0.2, -0.15) is 294 Å². The van der Waals surface area contributed by atoms with Gasteiger partial charge in [0.15, 0.2) is 0 Å². The Kier molecular flexibility index (Phi) is 23.0. The lowest BCUT2D eigenvalue weighted by atomic mass is 9.80. The Balaban J connectivity index is 8.46.